The lowest BCUT2D eigenvalue weighted by Crippen LogP contribution is -2.68. The Kier molecular flexibility index (Phi) is 3.24. The van der Waals surface area contributed by atoms with E-state index in [-0.39, 0.29) is 6.42 Å². The number of hydrogen-bond donors (Lipinski definition) is 4. The molecule has 10 nitrogen and oxygen atoms in total. The van der Waals surface area contributed by atoms with Crippen LogP contribution in [0.15, 0.2) is 0 Å². The summed E-state index contributed by atoms with van der Waals surface area (Å²) >= 11 is 0. The number of nitrogens with one attached hydrogen (secondary N) is 4. The van der Waals surface area contributed by atoms with Gasteiger partial charge in [-0.1, -0.05) is 0 Å². The van der Waals surface area contributed by atoms with Crippen LogP contribution in [0.2, 0.25) is 0 Å². The maximum atomic E-state index is 10.6. The van der Waals surface area contributed by atoms with Crippen LogP contribution < -0.4 is 21.9 Å². The lowest BCUT2D eigenvalue weighted by atomic mass is 10.2. The van der Waals surface area contributed by atoms with Crippen LogP contribution in [-0.2, 0) is 0 Å². The SMILES string of the molecule is O=[N+]([O-])C1([N+](=O)[O-])CCCNNNN1. The van der Waals surface area contributed by atoms with Gasteiger partial charge < -0.3 is 0 Å². The zero-order chi connectivity index (χ0) is 10.6. The Morgan fingerprint density at radius 2 is 1.79 bits per heavy atom. The second-order valence-corrected chi connectivity index (χ2v) is 2.74. The van der Waals surface area contributed by atoms with Gasteiger partial charge in [-0.25, -0.2) is 5.43 Å². The van der Waals surface area contributed by atoms with Crippen LogP contribution >= 0.6 is 0 Å². The number of nitro groups is 2. The average Bonchev–Trinajstić information content (AvgIpc) is 2.02. The summed E-state index contributed by atoms with van der Waals surface area (Å²) < 4.78 is 0. The quantitative estimate of drug-likeness (QED) is 0.233. The van der Waals surface area contributed by atoms with Gasteiger partial charge in [-0.15, -0.1) is 5.43 Å². The molecule has 0 spiro atoms. The summed E-state index contributed by atoms with van der Waals surface area (Å²) in [7, 11) is 0. The summed E-state index contributed by atoms with van der Waals surface area (Å²) in [5.41, 5.74) is 9.12. The van der Waals surface area contributed by atoms with Gasteiger partial charge in [-0.2, -0.15) is 11.1 Å². The van der Waals surface area contributed by atoms with Crippen molar-refractivity contribution in [2.75, 3.05) is 6.54 Å². The zero-order valence-corrected chi connectivity index (χ0v) is 7.15. The van der Waals surface area contributed by atoms with E-state index in [9.17, 15) is 20.2 Å². The molecule has 4 N–H and O–H groups in total. The van der Waals surface area contributed by atoms with E-state index in [4.69, 9.17) is 0 Å². The minimum Gasteiger partial charge on any atom is -0.257 e. The van der Waals surface area contributed by atoms with E-state index >= 15 is 0 Å². The highest BCUT2D eigenvalue weighted by Gasteiger charge is 2.56. The van der Waals surface area contributed by atoms with Crippen LogP contribution in [0, 0.1) is 20.2 Å². The Morgan fingerprint density at radius 1 is 1.14 bits per heavy atom. The minimum atomic E-state index is -2.37. The van der Waals surface area contributed by atoms with Crippen LogP contribution in [0.1, 0.15) is 12.8 Å². The molecule has 0 aromatic heterocycles. The van der Waals surface area contributed by atoms with Gasteiger partial charge in [0.15, 0.2) is 0 Å². The number of hydrogen-bond acceptors (Lipinski definition) is 8. The average molecular weight is 206 g/mol. The summed E-state index contributed by atoms with van der Waals surface area (Å²) in [5, 5.41) is 21.2. The molecule has 0 radical (unpaired) electrons. The van der Waals surface area contributed by atoms with E-state index in [1.54, 1.807) is 0 Å². The van der Waals surface area contributed by atoms with Crippen molar-refractivity contribution in [1.82, 2.24) is 21.9 Å². The van der Waals surface area contributed by atoms with Gasteiger partial charge in [-0.05, 0) is 6.42 Å². The van der Waals surface area contributed by atoms with Crippen molar-refractivity contribution in [3.63, 3.8) is 0 Å². The molecule has 1 aliphatic rings. The Bertz CT molecular complexity index is 220. The number of nitrogens with zero attached hydrogens (tertiary/aromatic N) is 2. The van der Waals surface area contributed by atoms with Crippen LogP contribution in [-0.4, -0.2) is 22.2 Å². The Morgan fingerprint density at radius 3 is 2.36 bits per heavy atom. The maximum absolute atomic E-state index is 10.6. The summed E-state index contributed by atoms with van der Waals surface area (Å²) in [4.78, 5) is 19.3. The van der Waals surface area contributed by atoms with Crippen molar-refractivity contribution in [1.29, 1.82) is 0 Å². The van der Waals surface area contributed by atoms with E-state index in [0.717, 1.165) is 0 Å². The topological polar surface area (TPSA) is 134 Å². The highest BCUT2D eigenvalue weighted by atomic mass is 16.7. The molecule has 14 heavy (non-hydrogen) atoms. The molecule has 80 valence electrons. The van der Waals surface area contributed by atoms with Crippen molar-refractivity contribution < 1.29 is 9.85 Å². The Labute approximate surface area is 78.2 Å². The van der Waals surface area contributed by atoms with Gasteiger partial charge in [0, 0.05) is 6.54 Å². The van der Waals surface area contributed by atoms with Crippen molar-refractivity contribution in [3.05, 3.63) is 20.2 Å². The van der Waals surface area contributed by atoms with E-state index in [1.165, 1.54) is 0 Å². The molecule has 10 heteroatoms. The number of hydrazine groups is 3. The number of rotatable bonds is 2. The molecule has 0 atom stereocenters. The smallest absolute Gasteiger partial charge is 0.257 e. The monoisotopic (exact) mass is 206 g/mol. The molecule has 0 aromatic carbocycles. The molecule has 1 aliphatic heterocycles. The third kappa shape index (κ3) is 1.93. The zero-order valence-electron chi connectivity index (χ0n) is 7.15. The van der Waals surface area contributed by atoms with Crippen molar-refractivity contribution in [2.24, 2.45) is 0 Å². The fourth-order valence-electron chi connectivity index (χ4n) is 1.06. The largest absolute Gasteiger partial charge is 0.533 e. The van der Waals surface area contributed by atoms with Gasteiger partial charge in [-0.3, -0.25) is 20.2 Å². The summed E-state index contributed by atoms with van der Waals surface area (Å²) in [6.07, 6.45) is 0.109. The first-order chi connectivity index (χ1) is 6.59. The highest BCUT2D eigenvalue weighted by molar-refractivity contribution is 4.64. The standard InChI is InChI=1S/C4H10N6O4/c11-9(12)4(10(13)14)2-1-3-5-7-8-6-4/h5-8H,1-3H2. The second kappa shape index (κ2) is 4.23. The van der Waals surface area contributed by atoms with Crippen LogP contribution in [0.25, 0.3) is 0 Å². The van der Waals surface area contributed by atoms with Crippen molar-refractivity contribution in [3.8, 4) is 0 Å². The molecular formula is C4H10N6O4. The van der Waals surface area contributed by atoms with Gasteiger partial charge in [0.1, 0.15) is 16.3 Å². The maximum Gasteiger partial charge on any atom is 0.533 e. The van der Waals surface area contributed by atoms with E-state index in [2.05, 4.69) is 16.5 Å². The first kappa shape index (κ1) is 10.7. The minimum absolute atomic E-state index is 0.200. The molecule has 0 aliphatic carbocycles. The van der Waals surface area contributed by atoms with Crippen LogP contribution in [0.4, 0.5) is 0 Å². The van der Waals surface area contributed by atoms with Crippen LogP contribution in [0.5, 0.6) is 0 Å². The first-order valence-corrected chi connectivity index (χ1v) is 3.88. The summed E-state index contributed by atoms with van der Waals surface area (Å²) in [6.45, 7) is 0.401. The van der Waals surface area contributed by atoms with Crippen molar-refractivity contribution in [2.45, 2.75) is 18.6 Å². The fraction of sp³-hybridized carbons (Fsp3) is 1.00. The normalized spacial score (nSPS) is 22.0. The summed E-state index contributed by atoms with van der Waals surface area (Å²) in [6, 6.07) is 0. The second-order valence-electron chi connectivity index (χ2n) is 2.74. The molecule has 0 aromatic rings. The fourth-order valence-corrected chi connectivity index (χ4v) is 1.06. The Balaban J connectivity index is 2.81. The highest BCUT2D eigenvalue weighted by Crippen LogP contribution is 2.14. The third-order valence-corrected chi connectivity index (χ3v) is 1.84. The molecule has 0 bridgehead atoms. The molecule has 0 saturated carbocycles. The predicted molar refractivity (Wildman–Crippen MR) is 43.4 cm³/mol. The van der Waals surface area contributed by atoms with Crippen LogP contribution in [0.3, 0.4) is 0 Å². The van der Waals surface area contributed by atoms with E-state index in [1.807, 2.05) is 5.43 Å². The molecule has 1 fully saturated rings. The van der Waals surface area contributed by atoms with Gasteiger partial charge in [0.2, 0.25) is 0 Å². The van der Waals surface area contributed by atoms with E-state index < -0.39 is 15.6 Å². The summed E-state index contributed by atoms with van der Waals surface area (Å²) in [5.74, 6) is -2.37. The lowest BCUT2D eigenvalue weighted by molar-refractivity contribution is -0.808. The lowest BCUT2D eigenvalue weighted by Gasteiger charge is -2.21. The van der Waals surface area contributed by atoms with Gasteiger partial charge >= 0.3 is 5.79 Å². The predicted octanol–water partition coefficient (Wildman–Crippen LogP) is -1.91. The third-order valence-electron chi connectivity index (χ3n) is 1.84. The molecule has 1 saturated heterocycles. The molecule has 1 heterocycles. The first-order valence-electron chi connectivity index (χ1n) is 3.88. The Hall–Kier alpha value is -1.36. The molecular weight excluding hydrogens is 196 g/mol. The molecule has 0 amide bonds. The van der Waals surface area contributed by atoms with Crippen molar-refractivity contribution >= 4 is 0 Å². The molecule has 0 unspecified atom stereocenters. The van der Waals surface area contributed by atoms with Gasteiger partial charge in [0.25, 0.3) is 0 Å². The van der Waals surface area contributed by atoms with E-state index in [0.29, 0.717) is 13.0 Å². The molecule has 1 rings (SSSR count). The van der Waals surface area contributed by atoms with Gasteiger partial charge in [0.05, 0.1) is 0 Å².